The molecule has 1 aliphatic rings. The Morgan fingerprint density at radius 1 is 1.10 bits per heavy atom. The van der Waals surface area contributed by atoms with Gasteiger partial charge in [-0.3, -0.25) is 4.79 Å². The molecule has 10 nitrogen and oxygen atoms in total. The number of carbonyl (C=O) groups is 2. The third-order valence-electron chi connectivity index (χ3n) is 6.66. The van der Waals surface area contributed by atoms with E-state index in [0.717, 1.165) is 23.0 Å². The molecule has 1 aliphatic heterocycles. The first-order valence-corrected chi connectivity index (χ1v) is 12.5. The van der Waals surface area contributed by atoms with Crippen LogP contribution in [0.3, 0.4) is 0 Å². The number of amides is 1. The molecule has 0 unspecified atom stereocenters. The van der Waals surface area contributed by atoms with E-state index >= 15 is 0 Å². The highest BCUT2D eigenvalue weighted by atomic mass is 16.5. The maximum Gasteiger partial charge on any atom is 0.341 e. The van der Waals surface area contributed by atoms with Crippen molar-refractivity contribution >= 4 is 29.2 Å². The number of aromatic carboxylic acids is 1. The zero-order valence-corrected chi connectivity index (χ0v) is 21.8. The Morgan fingerprint density at radius 3 is 2.67 bits per heavy atom. The van der Waals surface area contributed by atoms with Crippen LogP contribution < -0.4 is 19.3 Å². The summed E-state index contributed by atoms with van der Waals surface area (Å²) in [5.74, 6) is 0.622. The third-order valence-corrected chi connectivity index (χ3v) is 6.66. The maximum absolute atomic E-state index is 13.3. The lowest BCUT2D eigenvalue weighted by Crippen LogP contribution is -2.26. The van der Waals surface area contributed by atoms with Gasteiger partial charge in [-0.05, 0) is 66.9 Å². The number of carboxylic acids is 1. The number of rotatable bonds is 7. The Labute approximate surface area is 225 Å². The van der Waals surface area contributed by atoms with E-state index in [-0.39, 0.29) is 11.5 Å². The number of hydrogen-bond donors (Lipinski definition) is 1. The van der Waals surface area contributed by atoms with Crippen molar-refractivity contribution < 1.29 is 24.2 Å². The van der Waals surface area contributed by atoms with E-state index in [4.69, 9.17) is 4.74 Å². The van der Waals surface area contributed by atoms with Crippen molar-refractivity contribution in [3.05, 3.63) is 94.7 Å². The van der Waals surface area contributed by atoms with Crippen molar-refractivity contribution in [3.8, 4) is 16.9 Å². The van der Waals surface area contributed by atoms with Gasteiger partial charge in [0.2, 0.25) is 0 Å². The van der Waals surface area contributed by atoms with Gasteiger partial charge in [-0.2, -0.15) is 4.73 Å². The fourth-order valence-electron chi connectivity index (χ4n) is 4.66. The van der Waals surface area contributed by atoms with E-state index in [2.05, 4.69) is 9.97 Å². The summed E-state index contributed by atoms with van der Waals surface area (Å²) < 4.78 is 6.51. The van der Waals surface area contributed by atoms with Crippen LogP contribution in [0.2, 0.25) is 0 Å². The van der Waals surface area contributed by atoms with Crippen LogP contribution in [-0.2, 0) is 6.42 Å². The Kier molecular flexibility index (Phi) is 6.84. The molecular formula is C29H27N5O5. The van der Waals surface area contributed by atoms with Crippen molar-refractivity contribution in [3.63, 3.8) is 0 Å². The first-order valence-electron chi connectivity index (χ1n) is 12.5. The van der Waals surface area contributed by atoms with E-state index in [1.165, 1.54) is 12.3 Å². The minimum atomic E-state index is -1.16. The molecule has 5 rings (SSSR count). The van der Waals surface area contributed by atoms with Gasteiger partial charge >= 0.3 is 5.97 Å². The predicted molar refractivity (Wildman–Crippen MR) is 146 cm³/mol. The number of carboxylic acid groups (broad SMARTS) is 1. The van der Waals surface area contributed by atoms with Gasteiger partial charge < -0.3 is 24.9 Å². The molecule has 0 spiro atoms. The van der Waals surface area contributed by atoms with Crippen molar-refractivity contribution in [1.82, 2.24) is 9.97 Å². The maximum atomic E-state index is 13.3. The van der Waals surface area contributed by atoms with E-state index in [1.807, 2.05) is 43.0 Å². The largest absolute Gasteiger partial charge is 0.619 e. The molecule has 0 aliphatic carbocycles. The number of benzene rings is 1. The number of nitrogens with zero attached hydrogens (tertiary/aromatic N) is 5. The second-order valence-corrected chi connectivity index (χ2v) is 9.23. The predicted octanol–water partition coefficient (Wildman–Crippen LogP) is 4.15. The monoisotopic (exact) mass is 525 g/mol. The molecule has 1 aromatic carbocycles. The van der Waals surface area contributed by atoms with Gasteiger partial charge in [-0.15, -0.1) is 0 Å². The molecule has 0 saturated heterocycles. The molecule has 0 saturated carbocycles. The van der Waals surface area contributed by atoms with Crippen LogP contribution in [-0.4, -0.2) is 47.2 Å². The molecule has 4 aromatic rings. The Bertz CT molecular complexity index is 1590. The van der Waals surface area contributed by atoms with Crippen LogP contribution in [0.1, 0.15) is 38.8 Å². The molecule has 0 radical (unpaired) electrons. The number of anilines is 3. The van der Waals surface area contributed by atoms with Crippen LogP contribution in [0, 0.1) is 12.1 Å². The van der Waals surface area contributed by atoms with Gasteiger partial charge in [0.1, 0.15) is 17.1 Å². The Morgan fingerprint density at radius 2 is 1.92 bits per heavy atom. The second-order valence-electron chi connectivity index (χ2n) is 9.23. The lowest BCUT2D eigenvalue weighted by Gasteiger charge is -2.22. The van der Waals surface area contributed by atoms with Crippen LogP contribution in [0.4, 0.5) is 17.3 Å². The number of carbonyl (C=O) groups excluding carboxylic acids is 1. The first kappa shape index (κ1) is 25.7. The highest BCUT2D eigenvalue weighted by molar-refractivity contribution is 6.12. The van der Waals surface area contributed by atoms with Crippen molar-refractivity contribution in [1.29, 1.82) is 0 Å². The van der Waals surface area contributed by atoms with Crippen molar-refractivity contribution in [2.45, 2.75) is 20.3 Å². The van der Waals surface area contributed by atoms with Crippen LogP contribution in [0.15, 0.2) is 67.3 Å². The molecule has 1 N–H and O–H groups in total. The summed E-state index contributed by atoms with van der Waals surface area (Å²) in [5.41, 5.74) is 4.07. The number of aryl methyl sites for hydroxylation is 1. The van der Waals surface area contributed by atoms with Gasteiger partial charge in [0.25, 0.3) is 5.91 Å². The number of ether oxygens (including phenoxy) is 1. The zero-order chi connectivity index (χ0) is 27.7. The van der Waals surface area contributed by atoms with Gasteiger partial charge in [0.05, 0.1) is 17.9 Å². The average molecular weight is 526 g/mol. The average Bonchev–Trinajstić information content (AvgIpc) is 3.02. The van der Waals surface area contributed by atoms with Gasteiger partial charge in [0.15, 0.2) is 18.2 Å². The molecule has 0 atom stereocenters. The van der Waals surface area contributed by atoms with Crippen molar-refractivity contribution in [2.75, 3.05) is 30.0 Å². The molecule has 10 heteroatoms. The van der Waals surface area contributed by atoms with E-state index in [1.54, 1.807) is 36.5 Å². The van der Waals surface area contributed by atoms with Crippen molar-refractivity contribution in [2.24, 2.45) is 0 Å². The quantitative estimate of drug-likeness (QED) is 0.282. The van der Waals surface area contributed by atoms with E-state index in [0.29, 0.717) is 58.4 Å². The number of hydrogen-bond acceptors (Lipinski definition) is 7. The topological polar surface area (TPSA) is 123 Å². The lowest BCUT2D eigenvalue weighted by atomic mass is 10.0. The summed E-state index contributed by atoms with van der Waals surface area (Å²) in [6.07, 6.45) is 6.36. The van der Waals surface area contributed by atoms with E-state index in [9.17, 15) is 19.9 Å². The minimum Gasteiger partial charge on any atom is -0.619 e. The first-order chi connectivity index (χ1) is 18.8. The standard InChI is InChI=1S/C29H27N5O5/c1-4-34-26-23(28(35)32(3)24-6-5-10-30-27(24)34)13-19(15-31-26)9-11-39-25-8-7-20(12-18(25)2)21-14-22(29(36)37)17-33(38)16-21/h5-8,10,12-17H,4,9,11H2,1-3H3,(H,36,37). The Hall–Kier alpha value is -4.99. The summed E-state index contributed by atoms with van der Waals surface area (Å²) >= 11 is 0. The molecule has 3 aromatic heterocycles. The zero-order valence-electron chi connectivity index (χ0n) is 21.8. The molecule has 39 heavy (non-hydrogen) atoms. The lowest BCUT2D eigenvalue weighted by molar-refractivity contribution is -0.605. The highest BCUT2D eigenvalue weighted by Crippen LogP contribution is 2.37. The minimum absolute atomic E-state index is 0.0817. The molecule has 0 bridgehead atoms. The normalized spacial score (nSPS) is 12.5. The van der Waals surface area contributed by atoms with Gasteiger partial charge in [-0.25, -0.2) is 14.8 Å². The summed E-state index contributed by atoms with van der Waals surface area (Å²) in [7, 11) is 1.74. The van der Waals surface area contributed by atoms with Crippen LogP contribution in [0.25, 0.3) is 11.1 Å². The van der Waals surface area contributed by atoms with Gasteiger partial charge in [0, 0.05) is 38.0 Å². The van der Waals surface area contributed by atoms with Crippen LogP contribution >= 0.6 is 0 Å². The number of pyridine rings is 3. The SMILES string of the molecule is CCN1c2ncc(CCOc3ccc(-c4cc(C(=O)O)c[n+]([O-])c4)cc3C)cc2C(=O)N(C)c2cccnc21. The molecular weight excluding hydrogens is 498 g/mol. The molecule has 198 valence electrons. The third kappa shape index (κ3) is 4.96. The summed E-state index contributed by atoms with van der Waals surface area (Å²) in [6.45, 7) is 4.85. The Balaban J connectivity index is 1.32. The number of fused-ring (bicyclic) bond motifs is 2. The second kappa shape index (κ2) is 10.4. The molecule has 4 heterocycles. The van der Waals surface area contributed by atoms with Crippen LogP contribution in [0.5, 0.6) is 5.75 Å². The number of aromatic nitrogens is 3. The fraction of sp³-hybridized carbons (Fsp3) is 0.207. The summed E-state index contributed by atoms with van der Waals surface area (Å²) in [4.78, 5) is 37.3. The smallest absolute Gasteiger partial charge is 0.341 e. The fourth-order valence-corrected chi connectivity index (χ4v) is 4.66. The summed E-state index contributed by atoms with van der Waals surface area (Å²) in [5, 5.41) is 21.1. The molecule has 0 fully saturated rings. The van der Waals surface area contributed by atoms with E-state index < -0.39 is 5.97 Å². The van der Waals surface area contributed by atoms with Gasteiger partial charge in [-0.1, -0.05) is 6.07 Å². The highest BCUT2D eigenvalue weighted by Gasteiger charge is 2.30. The molecule has 1 amide bonds. The summed E-state index contributed by atoms with van der Waals surface area (Å²) in [6, 6.07) is 12.4.